The van der Waals surface area contributed by atoms with E-state index in [-0.39, 0.29) is 30.7 Å². The molecule has 4 aromatic carbocycles. The van der Waals surface area contributed by atoms with Gasteiger partial charge in [-0.05, 0) is 141 Å². The van der Waals surface area contributed by atoms with E-state index in [0.29, 0.717) is 42.1 Å². The summed E-state index contributed by atoms with van der Waals surface area (Å²) in [4.78, 5) is 40.5. The van der Waals surface area contributed by atoms with Gasteiger partial charge in [0.25, 0.3) is 5.91 Å². The molecule has 0 bridgehead atoms. The van der Waals surface area contributed by atoms with Crippen LogP contribution in [0.1, 0.15) is 90.5 Å². The summed E-state index contributed by atoms with van der Waals surface area (Å²) in [7, 11) is 0. The van der Waals surface area contributed by atoms with Crippen molar-refractivity contribution in [3.63, 3.8) is 0 Å². The number of nitrogens with zero attached hydrogens (tertiary/aromatic N) is 2. The summed E-state index contributed by atoms with van der Waals surface area (Å²) < 4.78 is 12.3. The molecule has 3 amide bonds. The van der Waals surface area contributed by atoms with Gasteiger partial charge in [-0.3, -0.25) is 19.7 Å². The minimum absolute atomic E-state index is 0.212. The van der Waals surface area contributed by atoms with Gasteiger partial charge in [-0.15, -0.1) is 0 Å². The number of unbranched alkanes of at least 4 members (excludes halogenated alkanes) is 1. The maximum Gasteiger partial charge on any atom is 0.251 e. The van der Waals surface area contributed by atoms with Gasteiger partial charge in [-0.1, -0.05) is 60.7 Å². The summed E-state index contributed by atoms with van der Waals surface area (Å²) in [6.45, 7) is 4.05. The van der Waals surface area contributed by atoms with Crippen LogP contribution in [0.25, 0.3) is 0 Å². The first-order valence-electron chi connectivity index (χ1n) is 19.8. The van der Waals surface area contributed by atoms with E-state index in [4.69, 9.17) is 9.47 Å². The van der Waals surface area contributed by atoms with Gasteiger partial charge in [0.2, 0.25) is 11.8 Å². The highest BCUT2D eigenvalue weighted by Gasteiger charge is 2.37. The minimum Gasteiger partial charge on any atom is -0.508 e. The number of piperidine rings is 2. The van der Waals surface area contributed by atoms with Crippen molar-refractivity contribution >= 4 is 17.7 Å². The fourth-order valence-corrected chi connectivity index (χ4v) is 8.97. The second kappa shape index (κ2) is 16.5. The van der Waals surface area contributed by atoms with Crippen molar-refractivity contribution < 1.29 is 29.0 Å². The normalized spacial score (nSPS) is 21.9. The SMILES string of the molecule is O=C1CCC(N2CC(Oc3cccc(C4CCN(CCCCOc5ccc([C@H]6c7ccc(O)cc7CC[C@H]6c6ccccc6)cc5)CC4)c3)=CC2=O)C(=O)N1. The van der Waals surface area contributed by atoms with Crippen LogP contribution in [-0.4, -0.2) is 71.5 Å². The number of carbonyl (C=O) groups excluding carboxylic acids is 3. The van der Waals surface area contributed by atoms with E-state index in [1.807, 2.05) is 24.3 Å². The number of aromatic hydroxyl groups is 1. The number of likely N-dealkylation sites (tertiary alicyclic amines) is 1. The molecule has 9 nitrogen and oxygen atoms in total. The third kappa shape index (κ3) is 8.47. The molecule has 9 heteroatoms. The Bertz CT molecular complexity index is 2040. The standard InChI is InChI=1S/C46H49N3O6/c50-36-14-18-41-35(27-36)13-17-40(32-7-2-1-3-8-32)45(41)33-11-15-37(16-12-33)54-26-5-4-23-48-24-21-31(22-25-48)34-9-6-10-38(28-34)55-39-29-44(52)49(30-39)42-19-20-43(51)47-46(42)53/h1-3,6-12,14-16,18,27-29,31,40,42,45,50H,4-5,13,17,19-26,30H2,(H,47,51,53)/t40-,42?,45+/m0/s1. The fraction of sp³-hybridized carbons (Fsp3) is 0.370. The maximum absolute atomic E-state index is 12.7. The van der Waals surface area contributed by atoms with Gasteiger partial charge in [0.1, 0.15) is 29.0 Å². The number of phenolic OH excluding ortho intramolecular Hbond substituents is 1. The Balaban J connectivity index is 0.776. The molecule has 0 aromatic heterocycles. The molecule has 3 aliphatic heterocycles. The monoisotopic (exact) mass is 739 g/mol. The van der Waals surface area contributed by atoms with E-state index in [1.54, 1.807) is 0 Å². The second-order valence-electron chi connectivity index (χ2n) is 15.4. The van der Waals surface area contributed by atoms with Crippen LogP contribution >= 0.6 is 0 Å². The Morgan fingerprint density at radius 1 is 0.745 bits per heavy atom. The van der Waals surface area contributed by atoms with E-state index in [9.17, 15) is 19.5 Å². The molecule has 0 radical (unpaired) electrons. The van der Waals surface area contributed by atoms with E-state index in [0.717, 1.165) is 63.9 Å². The minimum atomic E-state index is -0.651. The Morgan fingerprint density at radius 3 is 2.35 bits per heavy atom. The quantitative estimate of drug-likeness (QED) is 0.117. The molecular formula is C46H49N3O6. The highest BCUT2D eigenvalue weighted by Crippen LogP contribution is 2.47. The molecule has 2 fully saturated rings. The summed E-state index contributed by atoms with van der Waals surface area (Å²) in [5, 5.41) is 12.5. The van der Waals surface area contributed by atoms with Crippen LogP contribution in [0.3, 0.4) is 0 Å². The molecule has 55 heavy (non-hydrogen) atoms. The van der Waals surface area contributed by atoms with Crippen LogP contribution in [0.4, 0.5) is 0 Å². The molecule has 2 N–H and O–H groups in total. The van der Waals surface area contributed by atoms with Crippen LogP contribution in [0.15, 0.2) is 109 Å². The van der Waals surface area contributed by atoms with Crippen molar-refractivity contribution in [2.24, 2.45) is 0 Å². The topological polar surface area (TPSA) is 108 Å². The molecule has 0 saturated carbocycles. The molecule has 0 spiro atoms. The number of phenols is 1. The molecule has 1 unspecified atom stereocenters. The molecule has 4 aromatic rings. The summed E-state index contributed by atoms with van der Waals surface area (Å²) in [6.07, 6.45) is 8.24. The number of fused-ring (bicyclic) bond motifs is 1. The van der Waals surface area contributed by atoms with Crippen LogP contribution in [0.2, 0.25) is 0 Å². The summed E-state index contributed by atoms with van der Waals surface area (Å²) >= 11 is 0. The van der Waals surface area contributed by atoms with Crippen molar-refractivity contribution in [3.8, 4) is 17.2 Å². The molecule has 4 aliphatic rings. The third-order valence-corrected chi connectivity index (χ3v) is 11.8. The van der Waals surface area contributed by atoms with E-state index >= 15 is 0 Å². The van der Waals surface area contributed by atoms with E-state index in [2.05, 4.69) is 83.0 Å². The van der Waals surface area contributed by atoms with Gasteiger partial charge in [-0.2, -0.15) is 0 Å². The zero-order valence-electron chi connectivity index (χ0n) is 31.2. The summed E-state index contributed by atoms with van der Waals surface area (Å²) in [5.41, 5.74) is 6.41. The zero-order valence-corrected chi connectivity index (χ0v) is 31.2. The van der Waals surface area contributed by atoms with Crippen molar-refractivity contribution in [2.45, 2.75) is 75.2 Å². The van der Waals surface area contributed by atoms with Gasteiger partial charge < -0.3 is 24.4 Å². The van der Waals surface area contributed by atoms with Crippen LogP contribution in [0, 0.1) is 0 Å². The number of amides is 3. The van der Waals surface area contributed by atoms with Gasteiger partial charge in [0.15, 0.2) is 0 Å². The van der Waals surface area contributed by atoms with E-state index < -0.39 is 11.9 Å². The largest absolute Gasteiger partial charge is 0.508 e. The highest BCUT2D eigenvalue weighted by molar-refractivity contribution is 6.03. The van der Waals surface area contributed by atoms with Crippen molar-refractivity contribution in [1.82, 2.24) is 15.1 Å². The number of ether oxygens (including phenoxy) is 2. The molecule has 8 rings (SSSR count). The van der Waals surface area contributed by atoms with Crippen LogP contribution < -0.4 is 14.8 Å². The Morgan fingerprint density at radius 2 is 1.55 bits per heavy atom. The molecule has 284 valence electrons. The first-order valence-corrected chi connectivity index (χ1v) is 19.8. The van der Waals surface area contributed by atoms with Crippen molar-refractivity contribution in [1.29, 1.82) is 0 Å². The van der Waals surface area contributed by atoms with Crippen molar-refractivity contribution in [2.75, 3.05) is 32.8 Å². The number of hydrogen-bond acceptors (Lipinski definition) is 7. The Hall–Kier alpha value is -5.41. The average molecular weight is 740 g/mol. The number of carbonyl (C=O) groups is 3. The molecule has 3 heterocycles. The number of aryl methyl sites for hydroxylation is 1. The van der Waals surface area contributed by atoms with Gasteiger partial charge in [0.05, 0.1) is 13.2 Å². The maximum atomic E-state index is 12.7. The number of hydrogen-bond donors (Lipinski definition) is 2. The first kappa shape index (κ1) is 36.6. The summed E-state index contributed by atoms with van der Waals surface area (Å²) in [5.74, 6) is 2.49. The second-order valence-corrected chi connectivity index (χ2v) is 15.4. The lowest BCUT2D eigenvalue weighted by Gasteiger charge is -2.35. The molecule has 2 saturated heterocycles. The summed E-state index contributed by atoms with van der Waals surface area (Å²) in [6, 6.07) is 32.8. The van der Waals surface area contributed by atoms with Crippen LogP contribution in [-0.2, 0) is 20.8 Å². The predicted octanol–water partition coefficient (Wildman–Crippen LogP) is 7.20. The highest BCUT2D eigenvalue weighted by atomic mass is 16.5. The Labute approximate surface area is 322 Å². The number of nitrogens with one attached hydrogen (secondary N) is 1. The lowest BCUT2D eigenvalue weighted by molar-refractivity contribution is -0.142. The van der Waals surface area contributed by atoms with Crippen molar-refractivity contribution in [3.05, 3.63) is 137 Å². The molecule has 3 atom stereocenters. The van der Waals surface area contributed by atoms with E-state index in [1.165, 1.54) is 38.8 Å². The lowest BCUT2D eigenvalue weighted by Crippen LogP contribution is -2.53. The van der Waals surface area contributed by atoms with Crippen LogP contribution in [0.5, 0.6) is 17.2 Å². The smallest absolute Gasteiger partial charge is 0.251 e. The van der Waals surface area contributed by atoms with Gasteiger partial charge in [-0.25, -0.2) is 0 Å². The molecule has 1 aliphatic carbocycles. The molecular weight excluding hydrogens is 691 g/mol. The van der Waals surface area contributed by atoms with Gasteiger partial charge >= 0.3 is 0 Å². The third-order valence-electron chi connectivity index (χ3n) is 11.8. The van der Waals surface area contributed by atoms with Gasteiger partial charge in [0, 0.05) is 18.4 Å². The zero-order chi connectivity index (χ0) is 37.7. The average Bonchev–Trinajstić information content (AvgIpc) is 3.56. The first-order chi connectivity index (χ1) is 26.9. The predicted molar refractivity (Wildman–Crippen MR) is 210 cm³/mol. The number of imide groups is 1. The Kier molecular flexibility index (Phi) is 11.0. The number of benzene rings is 4. The lowest BCUT2D eigenvalue weighted by atomic mass is 9.69. The number of rotatable bonds is 12. The fourth-order valence-electron chi connectivity index (χ4n) is 8.97.